The zero-order valence-electron chi connectivity index (χ0n) is 12.9. The third-order valence-electron chi connectivity index (χ3n) is 4.57. The SMILES string of the molecule is N#CCc1ccc(CN2CCC(c3ccccc3)CC2)cc1. The number of likely N-dealkylation sites (tertiary alicyclic amines) is 1. The first-order chi connectivity index (χ1) is 10.8. The Kier molecular flexibility index (Phi) is 4.88. The molecule has 1 saturated heterocycles. The van der Waals surface area contributed by atoms with Gasteiger partial charge >= 0.3 is 0 Å². The molecule has 0 bridgehead atoms. The number of hydrogen-bond donors (Lipinski definition) is 0. The van der Waals surface area contributed by atoms with Crippen molar-refractivity contribution >= 4 is 0 Å². The smallest absolute Gasteiger partial charge is 0.0669 e. The van der Waals surface area contributed by atoms with Crippen LogP contribution in [0.25, 0.3) is 0 Å². The molecule has 0 aliphatic carbocycles. The van der Waals surface area contributed by atoms with E-state index >= 15 is 0 Å². The Morgan fingerprint density at radius 3 is 2.18 bits per heavy atom. The fourth-order valence-corrected chi connectivity index (χ4v) is 3.26. The largest absolute Gasteiger partial charge is 0.299 e. The zero-order chi connectivity index (χ0) is 15.2. The fourth-order valence-electron chi connectivity index (χ4n) is 3.26. The first-order valence-electron chi connectivity index (χ1n) is 8.07. The third kappa shape index (κ3) is 3.75. The predicted molar refractivity (Wildman–Crippen MR) is 89.5 cm³/mol. The van der Waals surface area contributed by atoms with Crippen LogP contribution in [0.2, 0.25) is 0 Å². The molecule has 0 N–H and O–H groups in total. The summed E-state index contributed by atoms with van der Waals surface area (Å²) in [5.41, 5.74) is 3.94. The first-order valence-corrected chi connectivity index (χ1v) is 8.07. The minimum Gasteiger partial charge on any atom is -0.299 e. The Balaban J connectivity index is 1.52. The molecule has 3 rings (SSSR count). The van der Waals surface area contributed by atoms with E-state index in [2.05, 4.69) is 65.6 Å². The average molecular weight is 290 g/mol. The number of benzene rings is 2. The van der Waals surface area contributed by atoms with Crippen molar-refractivity contribution in [2.24, 2.45) is 0 Å². The molecule has 0 atom stereocenters. The molecule has 0 radical (unpaired) electrons. The highest BCUT2D eigenvalue weighted by Gasteiger charge is 2.20. The van der Waals surface area contributed by atoms with E-state index in [1.165, 1.54) is 37.1 Å². The second kappa shape index (κ2) is 7.24. The van der Waals surface area contributed by atoms with Crippen molar-refractivity contribution in [1.82, 2.24) is 4.90 Å². The van der Waals surface area contributed by atoms with Crippen molar-refractivity contribution in [3.8, 4) is 6.07 Å². The second-order valence-electron chi connectivity index (χ2n) is 6.11. The number of nitriles is 1. The highest BCUT2D eigenvalue weighted by atomic mass is 15.1. The Hall–Kier alpha value is -2.11. The molecule has 0 amide bonds. The second-order valence-corrected chi connectivity index (χ2v) is 6.11. The van der Waals surface area contributed by atoms with Crippen LogP contribution in [0.3, 0.4) is 0 Å². The Morgan fingerprint density at radius 2 is 1.55 bits per heavy atom. The molecule has 0 unspecified atom stereocenters. The Bertz CT molecular complexity index is 617. The van der Waals surface area contributed by atoms with E-state index in [9.17, 15) is 0 Å². The summed E-state index contributed by atoms with van der Waals surface area (Å²) in [5, 5.41) is 8.71. The standard InChI is InChI=1S/C20H22N2/c21-13-10-17-6-8-18(9-7-17)16-22-14-11-20(12-15-22)19-4-2-1-3-5-19/h1-9,20H,10-12,14-16H2. The van der Waals surface area contributed by atoms with E-state index in [0.29, 0.717) is 6.42 Å². The molecule has 2 aromatic carbocycles. The normalized spacial score (nSPS) is 16.3. The van der Waals surface area contributed by atoms with Gasteiger partial charge < -0.3 is 0 Å². The molecule has 2 heteroatoms. The van der Waals surface area contributed by atoms with E-state index in [0.717, 1.165) is 18.0 Å². The van der Waals surface area contributed by atoms with Crippen molar-refractivity contribution in [1.29, 1.82) is 5.26 Å². The molecule has 1 heterocycles. The first kappa shape index (κ1) is 14.8. The van der Waals surface area contributed by atoms with Crippen LogP contribution in [-0.4, -0.2) is 18.0 Å². The van der Waals surface area contributed by atoms with Crippen molar-refractivity contribution in [2.45, 2.75) is 31.7 Å². The van der Waals surface area contributed by atoms with Crippen LogP contribution in [0.4, 0.5) is 0 Å². The van der Waals surface area contributed by atoms with Crippen molar-refractivity contribution in [3.05, 3.63) is 71.3 Å². The Morgan fingerprint density at radius 1 is 0.909 bits per heavy atom. The molecule has 1 fully saturated rings. The van der Waals surface area contributed by atoms with Crippen LogP contribution in [0.5, 0.6) is 0 Å². The van der Waals surface area contributed by atoms with Gasteiger partial charge in [-0.25, -0.2) is 0 Å². The van der Waals surface area contributed by atoms with Gasteiger partial charge in [-0.1, -0.05) is 54.6 Å². The van der Waals surface area contributed by atoms with Gasteiger partial charge in [-0.15, -0.1) is 0 Å². The molecular formula is C20H22N2. The van der Waals surface area contributed by atoms with Crippen LogP contribution < -0.4 is 0 Å². The number of nitrogens with zero attached hydrogens (tertiary/aromatic N) is 2. The summed E-state index contributed by atoms with van der Waals surface area (Å²) in [6.07, 6.45) is 3.00. The molecule has 22 heavy (non-hydrogen) atoms. The van der Waals surface area contributed by atoms with Gasteiger partial charge in [0.1, 0.15) is 0 Å². The van der Waals surface area contributed by atoms with Crippen molar-refractivity contribution < 1.29 is 0 Å². The minimum absolute atomic E-state index is 0.503. The van der Waals surface area contributed by atoms with Crippen molar-refractivity contribution in [2.75, 3.05) is 13.1 Å². The van der Waals surface area contributed by atoms with Crippen LogP contribution >= 0.6 is 0 Å². The minimum atomic E-state index is 0.503. The topological polar surface area (TPSA) is 27.0 Å². The molecule has 112 valence electrons. The summed E-state index contributed by atoms with van der Waals surface area (Å²) in [5.74, 6) is 0.718. The lowest BCUT2D eigenvalue weighted by Gasteiger charge is -2.32. The summed E-state index contributed by atoms with van der Waals surface area (Å²) in [4.78, 5) is 2.54. The monoisotopic (exact) mass is 290 g/mol. The van der Waals surface area contributed by atoms with Crippen LogP contribution in [0, 0.1) is 11.3 Å². The van der Waals surface area contributed by atoms with Gasteiger partial charge in [0.2, 0.25) is 0 Å². The van der Waals surface area contributed by atoms with Gasteiger partial charge in [0.15, 0.2) is 0 Å². The average Bonchev–Trinajstić information content (AvgIpc) is 2.58. The van der Waals surface area contributed by atoms with E-state index in [4.69, 9.17) is 5.26 Å². The number of piperidine rings is 1. The fraction of sp³-hybridized carbons (Fsp3) is 0.350. The van der Waals surface area contributed by atoms with Crippen LogP contribution in [0.1, 0.15) is 35.4 Å². The van der Waals surface area contributed by atoms with E-state index in [-0.39, 0.29) is 0 Å². The molecule has 1 aliphatic heterocycles. The van der Waals surface area contributed by atoms with Crippen molar-refractivity contribution in [3.63, 3.8) is 0 Å². The highest BCUT2D eigenvalue weighted by molar-refractivity contribution is 5.25. The maximum Gasteiger partial charge on any atom is 0.0669 e. The molecule has 2 aromatic rings. The maximum absolute atomic E-state index is 8.71. The Labute approximate surface area is 133 Å². The molecule has 0 saturated carbocycles. The predicted octanol–water partition coefficient (Wildman–Crippen LogP) is 4.13. The number of rotatable bonds is 4. The van der Waals surface area contributed by atoms with Crippen LogP contribution in [-0.2, 0) is 13.0 Å². The summed E-state index contributed by atoms with van der Waals surface area (Å²) in [6.45, 7) is 3.35. The van der Waals surface area contributed by atoms with Gasteiger partial charge in [0.25, 0.3) is 0 Å². The van der Waals surface area contributed by atoms with Gasteiger partial charge in [-0.05, 0) is 48.5 Å². The number of hydrogen-bond acceptors (Lipinski definition) is 2. The molecule has 2 nitrogen and oxygen atoms in total. The summed E-state index contributed by atoms with van der Waals surface area (Å²) < 4.78 is 0. The lowest BCUT2D eigenvalue weighted by Crippen LogP contribution is -2.32. The third-order valence-corrected chi connectivity index (χ3v) is 4.57. The summed E-state index contributed by atoms with van der Waals surface area (Å²) in [7, 11) is 0. The van der Waals surface area contributed by atoms with E-state index < -0.39 is 0 Å². The van der Waals surface area contributed by atoms with Crippen LogP contribution in [0.15, 0.2) is 54.6 Å². The molecular weight excluding hydrogens is 268 g/mol. The van der Waals surface area contributed by atoms with Gasteiger partial charge in [-0.3, -0.25) is 4.90 Å². The summed E-state index contributed by atoms with van der Waals surface area (Å²) in [6, 6.07) is 21.6. The van der Waals surface area contributed by atoms with Gasteiger partial charge in [0.05, 0.1) is 12.5 Å². The van der Waals surface area contributed by atoms with E-state index in [1.54, 1.807) is 0 Å². The highest BCUT2D eigenvalue weighted by Crippen LogP contribution is 2.28. The molecule has 1 aliphatic rings. The summed E-state index contributed by atoms with van der Waals surface area (Å²) >= 11 is 0. The van der Waals surface area contributed by atoms with Gasteiger partial charge in [-0.2, -0.15) is 5.26 Å². The molecule has 0 spiro atoms. The van der Waals surface area contributed by atoms with Gasteiger partial charge in [0, 0.05) is 6.54 Å². The quantitative estimate of drug-likeness (QED) is 0.846. The maximum atomic E-state index is 8.71. The van der Waals surface area contributed by atoms with E-state index in [1.807, 2.05) is 0 Å². The zero-order valence-corrected chi connectivity index (χ0v) is 12.9. The molecule has 0 aromatic heterocycles. The lowest BCUT2D eigenvalue weighted by atomic mass is 9.89. The lowest BCUT2D eigenvalue weighted by molar-refractivity contribution is 0.204.